The Morgan fingerprint density at radius 1 is 1.09 bits per heavy atom. The van der Waals surface area contributed by atoms with Gasteiger partial charge >= 0.3 is 0 Å². The molecular weight excluding hydrogens is 400 g/mol. The fourth-order valence-electron chi connectivity index (χ4n) is 5.40. The zero-order valence-electron chi connectivity index (χ0n) is 18.5. The minimum Gasteiger partial charge on any atom is -0.369 e. The van der Waals surface area contributed by atoms with Crippen LogP contribution in [0.1, 0.15) is 51.5 Å². The summed E-state index contributed by atoms with van der Waals surface area (Å²) in [6.07, 6.45) is 11.9. The van der Waals surface area contributed by atoms with Crippen LogP contribution >= 0.6 is 0 Å². The summed E-state index contributed by atoms with van der Waals surface area (Å²) in [4.78, 5) is 29.3. The SMILES string of the molecule is CC1CCC=CC1CNc1cc2c(cn1)c1ccccc1c(=O)n2C1CCC(N=O)CC1. The van der Waals surface area contributed by atoms with Gasteiger partial charge in [-0.25, -0.2) is 4.98 Å². The number of fused-ring (bicyclic) bond motifs is 3. The van der Waals surface area contributed by atoms with Crippen molar-refractivity contribution in [3.05, 3.63) is 63.9 Å². The van der Waals surface area contributed by atoms with E-state index in [1.807, 2.05) is 41.1 Å². The monoisotopic (exact) mass is 430 g/mol. The Kier molecular flexibility index (Phi) is 5.77. The number of nitrogens with one attached hydrogen (secondary N) is 1. The smallest absolute Gasteiger partial charge is 0.259 e. The van der Waals surface area contributed by atoms with Crippen molar-refractivity contribution in [3.63, 3.8) is 0 Å². The van der Waals surface area contributed by atoms with Crippen molar-refractivity contribution in [3.8, 4) is 0 Å². The van der Waals surface area contributed by atoms with Gasteiger partial charge in [0.05, 0.1) is 11.6 Å². The van der Waals surface area contributed by atoms with Crippen molar-refractivity contribution in [2.24, 2.45) is 17.0 Å². The Bertz CT molecular complexity index is 1220. The molecule has 2 heterocycles. The van der Waals surface area contributed by atoms with Crippen LogP contribution < -0.4 is 10.9 Å². The molecule has 1 N–H and O–H groups in total. The summed E-state index contributed by atoms with van der Waals surface area (Å²) in [6.45, 7) is 3.14. The molecule has 2 aliphatic rings. The Morgan fingerprint density at radius 3 is 2.62 bits per heavy atom. The van der Waals surface area contributed by atoms with Crippen molar-refractivity contribution in [1.82, 2.24) is 9.55 Å². The molecule has 2 aliphatic carbocycles. The van der Waals surface area contributed by atoms with E-state index in [-0.39, 0.29) is 17.6 Å². The van der Waals surface area contributed by atoms with Crippen molar-refractivity contribution in [1.29, 1.82) is 0 Å². The number of aromatic nitrogens is 2. The number of rotatable bonds is 5. The highest BCUT2D eigenvalue weighted by Gasteiger charge is 2.26. The standard InChI is InChI=1S/C26H30N4O2/c1-17-6-2-3-7-18(17)15-27-25-14-24-23(16-28-25)21-8-4-5-9-22(21)26(31)30(24)20-12-10-19(29-32)11-13-20/h3-5,7-9,14,16-20H,2,6,10-13,15H2,1H3,(H,27,28). The number of benzene rings is 1. The number of allylic oxidation sites excluding steroid dienone is 1. The zero-order chi connectivity index (χ0) is 22.1. The van der Waals surface area contributed by atoms with Gasteiger partial charge in [-0.1, -0.05) is 42.5 Å². The van der Waals surface area contributed by atoms with Crippen LogP contribution in [0.3, 0.4) is 0 Å². The molecule has 32 heavy (non-hydrogen) atoms. The normalized spacial score (nSPS) is 25.8. The second kappa shape index (κ2) is 8.85. The van der Waals surface area contributed by atoms with Gasteiger partial charge in [0.15, 0.2) is 0 Å². The maximum atomic E-state index is 13.6. The zero-order valence-corrected chi connectivity index (χ0v) is 18.5. The molecule has 0 saturated heterocycles. The highest BCUT2D eigenvalue weighted by atomic mass is 16.3. The first kappa shape index (κ1) is 20.9. The molecule has 2 atom stereocenters. The van der Waals surface area contributed by atoms with Crippen molar-refractivity contribution in [2.75, 3.05) is 11.9 Å². The van der Waals surface area contributed by atoms with E-state index >= 15 is 0 Å². The molecule has 5 rings (SSSR count). The molecule has 3 aromatic rings. The highest BCUT2D eigenvalue weighted by Crippen LogP contribution is 2.34. The number of anilines is 1. The number of hydrogen-bond acceptors (Lipinski definition) is 5. The summed E-state index contributed by atoms with van der Waals surface area (Å²) >= 11 is 0. The van der Waals surface area contributed by atoms with E-state index in [1.54, 1.807) is 0 Å². The molecule has 0 radical (unpaired) electrons. The lowest BCUT2D eigenvalue weighted by Gasteiger charge is -2.28. The lowest BCUT2D eigenvalue weighted by Crippen LogP contribution is -2.29. The third-order valence-electron chi connectivity index (χ3n) is 7.41. The van der Waals surface area contributed by atoms with Gasteiger partial charge in [-0.3, -0.25) is 4.79 Å². The quantitative estimate of drug-likeness (QED) is 0.315. The number of nitrogens with zero attached hydrogens (tertiary/aromatic N) is 3. The van der Waals surface area contributed by atoms with Gasteiger partial charge in [0.25, 0.3) is 5.56 Å². The van der Waals surface area contributed by atoms with E-state index < -0.39 is 0 Å². The van der Waals surface area contributed by atoms with E-state index in [0.29, 0.717) is 11.8 Å². The molecule has 0 bridgehead atoms. The Labute approximate surface area is 187 Å². The molecule has 1 aromatic carbocycles. The van der Waals surface area contributed by atoms with Gasteiger partial charge in [-0.15, -0.1) is 0 Å². The maximum absolute atomic E-state index is 13.6. The van der Waals surface area contributed by atoms with E-state index in [4.69, 9.17) is 4.98 Å². The molecule has 0 amide bonds. The van der Waals surface area contributed by atoms with Gasteiger partial charge in [0.1, 0.15) is 5.82 Å². The first-order chi connectivity index (χ1) is 15.7. The third-order valence-corrected chi connectivity index (χ3v) is 7.41. The summed E-state index contributed by atoms with van der Waals surface area (Å²) in [6, 6.07) is 9.76. The summed E-state index contributed by atoms with van der Waals surface area (Å²) < 4.78 is 1.95. The molecule has 1 saturated carbocycles. The van der Waals surface area contributed by atoms with Gasteiger partial charge in [0, 0.05) is 35.6 Å². The summed E-state index contributed by atoms with van der Waals surface area (Å²) in [5, 5.41) is 9.41. The van der Waals surface area contributed by atoms with Crippen molar-refractivity contribution < 1.29 is 0 Å². The fraction of sp³-hybridized carbons (Fsp3) is 0.462. The van der Waals surface area contributed by atoms with Gasteiger partial charge in [-0.2, -0.15) is 4.91 Å². The largest absolute Gasteiger partial charge is 0.369 e. The van der Waals surface area contributed by atoms with Crippen molar-refractivity contribution in [2.45, 2.75) is 57.5 Å². The number of pyridine rings is 2. The van der Waals surface area contributed by atoms with Gasteiger partial charge in [0.2, 0.25) is 0 Å². The molecular formula is C26H30N4O2. The van der Waals surface area contributed by atoms with E-state index in [2.05, 4.69) is 29.6 Å². The summed E-state index contributed by atoms with van der Waals surface area (Å²) in [7, 11) is 0. The lowest BCUT2D eigenvalue weighted by molar-refractivity contribution is 0.325. The second-order valence-corrected chi connectivity index (χ2v) is 9.40. The molecule has 1 fully saturated rings. The first-order valence-corrected chi connectivity index (χ1v) is 11.8. The molecule has 2 unspecified atom stereocenters. The number of nitroso groups, excluding NO2 is 1. The first-order valence-electron chi connectivity index (χ1n) is 11.8. The Morgan fingerprint density at radius 2 is 1.88 bits per heavy atom. The van der Waals surface area contributed by atoms with Crippen LogP contribution in [0.5, 0.6) is 0 Å². The topological polar surface area (TPSA) is 76.3 Å². The minimum atomic E-state index is -0.127. The van der Waals surface area contributed by atoms with Crippen LogP contribution in [0.15, 0.2) is 58.7 Å². The Balaban J connectivity index is 1.56. The minimum absolute atomic E-state index is 0.0385. The fourth-order valence-corrected chi connectivity index (χ4v) is 5.40. The van der Waals surface area contributed by atoms with E-state index in [0.717, 1.165) is 66.1 Å². The van der Waals surface area contributed by atoms with Crippen LogP contribution in [0.4, 0.5) is 5.82 Å². The van der Waals surface area contributed by atoms with Crippen LogP contribution in [-0.2, 0) is 0 Å². The van der Waals surface area contributed by atoms with Crippen molar-refractivity contribution >= 4 is 27.5 Å². The Hall–Kier alpha value is -3.02. The molecule has 0 aliphatic heterocycles. The highest BCUT2D eigenvalue weighted by molar-refractivity contribution is 6.05. The summed E-state index contributed by atoms with van der Waals surface area (Å²) in [5.74, 6) is 1.94. The molecule has 0 spiro atoms. The molecule has 6 heteroatoms. The predicted octanol–water partition coefficient (Wildman–Crippen LogP) is 5.81. The molecule has 2 aromatic heterocycles. The average molecular weight is 431 g/mol. The average Bonchev–Trinajstić information content (AvgIpc) is 2.84. The summed E-state index contributed by atoms with van der Waals surface area (Å²) in [5.41, 5.74) is 0.956. The predicted molar refractivity (Wildman–Crippen MR) is 130 cm³/mol. The third kappa shape index (κ3) is 3.83. The van der Waals surface area contributed by atoms with Crippen LogP contribution in [0.25, 0.3) is 21.7 Å². The maximum Gasteiger partial charge on any atom is 0.259 e. The van der Waals surface area contributed by atoms with E-state index in [9.17, 15) is 9.70 Å². The molecule has 6 nitrogen and oxygen atoms in total. The van der Waals surface area contributed by atoms with Gasteiger partial charge < -0.3 is 9.88 Å². The molecule has 166 valence electrons. The van der Waals surface area contributed by atoms with Crippen LogP contribution in [-0.4, -0.2) is 22.1 Å². The van der Waals surface area contributed by atoms with Crippen LogP contribution in [0.2, 0.25) is 0 Å². The van der Waals surface area contributed by atoms with Gasteiger partial charge in [-0.05, 0) is 61.8 Å². The second-order valence-electron chi connectivity index (χ2n) is 9.40. The number of hydrogen-bond donors (Lipinski definition) is 1. The lowest BCUT2D eigenvalue weighted by atomic mass is 9.85. The van der Waals surface area contributed by atoms with E-state index in [1.165, 1.54) is 6.42 Å². The van der Waals surface area contributed by atoms with Crippen LogP contribution in [0, 0.1) is 16.7 Å².